The molecule has 43 heavy (non-hydrogen) atoms. The topological polar surface area (TPSA) is 109 Å². The van der Waals surface area contributed by atoms with Crippen LogP contribution in [0.25, 0.3) is 0 Å². The summed E-state index contributed by atoms with van der Waals surface area (Å²) in [5, 5.41) is 1.02. The van der Waals surface area contributed by atoms with Crippen molar-refractivity contribution in [3.63, 3.8) is 0 Å². The van der Waals surface area contributed by atoms with Gasteiger partial charge in [0.05, 0.1) is 23.6 Å². The minimum absolute atomic E-state index is 0.00866. The van der Waals surface area contributed by atoms with Crippen molar-refractivity contribution in [2.24, 2.45) is 11.8 Å². The van der Waals surface area contributed by atoms with E-state index in [4.69, 9.17) is 16.3 Å². The number of benzene rings is 2. The van der Waals surface area contributed by atoms with Crippen molar-refractivity contribution in [2.45, 2.75) is 48.8 Å². The van der Waals surface area contributed by atoms with Crippen molar-refractivity contribution >= 4 is 50.5 Å². The highest BCUT2D eigenvalue weighted by molar-refractivity contribution is 7.90. The molecule has 0 saturated heterocycles. The van der Waals surface area contributed by atoms with Gasteiger partial charge in [0, 0.05) is 48.2 Å². The molecule has 2 amide bonds. The molecule has 3 aromatic rings. The third kappa shape index (κ3) is 5.29. The van der Waals surface area contributed by atoms with Crippen molar-refractivity contribution < 1.29 is 22.7 Å². The highest BCUT2D eigenvalue weighted by Crippen LogP contribution is 2.46. The number of amides is 2. The molecule has 9 nitrogen and oxygen atoms in total. The predicted molar refractivity (Wildman–Crippen MR) is 165 cm³/mol. The van der Waals surface area contributed by atoms with Gasteiger partial charge in [0.25, 0.3) is 15.9 Å². The molecule has 1 aromatic heterocycles. The van der Waals surface area contributed by atoms with Gasteiger partial charge in [-0.25, -0.2) is 18.1 Å². The van der Waals surface area contributed by atoms with E-state index in [2.05, 4.69) is 26.7 Å². The Kier molecular flexibility index (Phi) is 7.17. The molecule has 0 unspecified atom stereocenters. The lowest BCUT2D eigenvalue weighted by atomic mass is 9.69. The number of sulfonamides is 1. The summed E-state index contributed by atoms with van der Waals surface area (Å²) in [4.78, 5) is 34.8. The largest absolute Gasteiger partial charge is 0.490 e. The highest BCUT2D eigenvalue weighted by Gasteiger charge is 2.44. The third-order valence-electron chi connectivity index (χ3n) is 9.52. The van der Waals surface area contributed by atoms with Crippen LogP contribution < -0.4 is 14.4 Å². The van der Waals surface area contributed by atoms with E-state index in [0.29, 0.717) is 59.4 Å². The standard InChI is InChI=1S/C31H33ClN4O5S2/c1-35-15-20-4-5-21(20)16-36-17-31(10-2-3-19-11-22(32)6-8-25(19)31)18-41-27-9-7-24(13-26(27)36)43(39,40)34-28(37)12-23-14-33-29(42-23)30(35)38/h6-9,11,13-14,20-21H,2-5,10,12,15-18H2,1H3,(H,34,37)/t20-,21-,31-/m0/s1. The van der Waals surface area contributed by atoms with E-state index in [1.807, 2.05) is 6.07 Å². The molecular weight excluding hydrogens is 608 g/mol. The number of aryl methyl sites for hydroxylation is 1. The zero-order chi connectivity index (χ0) is 29.9. The zero-order valence-corrected chi connectivity index (χ0v) is 26.2. The van der Waals surface area contributed by atoms with Gasteiger partial charge in [-0.05, 0) is 85.4 Å². The molecule has 3 heterocycles. The molecule has 1 spiro atoms. The fourth-order valence-corrected chi connectivity index (χ4v) is 9.26. The van der Waals surface area contributed by atoms with Crippen LogP contribution in [0.1, 0.15) is 51.5 Å². The number of thiazole rings is 1. The normalized spacial score (nSPS) is 26.7. The van der Waals surface area contributed by atoms with Gasteiger partial charge < -0.3 is 14.5 Å². The number of ether oxygens (including phenoxy) is 1. The first-order valence-electron chi connectivity index (χ1n) is 14.7. The van der Waals surface area contributed by atoms with Gasteiger partial charge in [0.15, 0.2) is 5.01 Å². The van der Waals surface area contributed by atoms with Gasteiger partial charge in [0.1, 0.15) is 5.75 Å². The molecule has 4 bridgehead atoms. The number of rotatable bonds is 0. The van der Waals surface area contributed by atoms with Gasteiger partial charge in [-0.15, -0.1) is 11.3 Å². The second-order valence-electron chi connectivity index (χ2n) is 12.4. The van der Waals surface area contributed by atoms with Gasteiger partial charge in [-0.1, -0.05) is 17.7 Å². The molecule has 3 atom stereocenters. The molecule has 2 aromatic carbocycles. The predicted octanol–water partition coefficient (Wildman–Crippen LogP) is 4.43. The number of nitrogens with one attached hydrogen (secondary N) is 1. The Balaban J connectivity index is 1.30. The van der Waals surface area contributed by atoms with Gasteiger partial charge in [0.2, 0.25) is 5.91 Å². The molecule has 1 N–H and O–H groups in total. The van der Waals surface area contributed by atoms with E-state index in [0.717, 1.165) is 48.5 Å². The molecule has 7 rings (SSSR count). The number of carbonyl (C=O) groups excluding carboxylic acids is 2. The maximum Gasteiger partial charge on any atom is 0.282 e. The number of halogens is 1. The lowest BCUT2D eigenvalue weighted by Crippen LogP contribution is -2.49. The van der Waals surface area contributed by atoms with Crippen LogP contribution in [-0.4, -0.2) is 63.4 Å². The van der Waals surface area contributed by atoms with Crippen LogP contribution in [0, 0.1) is 11.8 Å². The number of hydrogen-bond donors (Lipinski definition) is 1. The van der Waals surface area contributed by atoms with Crippen LogP contribution in [0.4, 0.5) is 5.69 Å². The van der Waals surface area contributed by atoms with Crippen LogP contribution in [-0.2, 0) is 33.1 Å². The average molecular weight is 641 g/mol. The first-order valence-corrected chi connectivity index (χ1v) is 17.3. The number of fused-ring (bicyclic) bond motifs is 6. The fourth-order valence-electron chi connectivity index (χ4n) is 7.15. The number of carbonyl (C=O) groups is 2. The van der Waals surface area contributed by atoms with Crippen molar-refractivity contribution in [2.75, 3.05) is 38.2 Å². The summed E-state index contributed by atoms with van der Waals surface area (Å²) in [6, 6.07) is 11.0. The fraction of sp³-hybridized carbons (Fsp3) is 0.452. The first kappa shape index (κ1) is 28.6. The lowest BCUT2D eigenvalue weighted by molar-refractivity contribution is -0.118. The zero-order valence-electron chi connectivity index (χ0n) is 23.8. The Labute approximate surface area is 260 Å². The highest BCUT2D eigenvalue weighted by atomic mass is 35.5. The first-order chi connectivity index (χ1) is 20.6. The van der Waals surface area contributed by atoms with E-state index in [1.165, 1.54) is 23.4 Å². The van der Waals surface area contributed by atoms with Crippen LogP contribution in [0.15, 0.2) is 47.5 Å². The van der Waals surface area contributed by atoms with E-state index in [9.17, 15) is 18.0 Å². The van der Waals surface area contributed by atoms with Crippen molar-refractivity contribution in [3.8, 4) is 5.75 Å². The summed E-state index contributed by atoms with van der Waals surface area (Å²) in [6.07, 6.45) is 6.22. The van der Waals surface area contributed by atoms with Crippen molar-refractivity contribution in [1.82, 2.24) is 14.6 Å². The van der Waals surface area contributed by atoms with Crippen LogP contribution in [0.3, 0.4) is 0 Å². The molecule has 12 heteroatoms. The molecule has 1 fully saturated rings. The molecule has 4 aliphatic rings. The van der Waals surface area contributed by atoms with E-state index in [1.54, 1.807) is 24.1 Å². The maximum absolute atomic E-state index is 13.4. The summed E-state index contributed by atoms with van der Waals surface area (Å²) < 4.78 is 35.6. The van der Waals surface area contributed by atoms with Gasteiger partial charge in [-0.2, -0.15) is 0 Å². The third-order valence-corrected chi connectivity index (χ3v) is 12.1. The smallest absolute Gasteiger partial charge is 0.282 e. The number of nitrogens with zero attached hydrogens (tertiary/aromatic N) is 3. The second kappa shape index (κ2) is 10.8. The molecule has 2 aliphatic heterocycles. The molecular formula is C31H33ClN4O5S2. The summed E-state index contributed by atoms with van der Waals surface area (Å²) in [5.41, 5.74) is 2.88. The minimum atomic E-state index is -4.16. The Hall–Kier alpha value is -3.15. The Morgan fingerprint density at radius 2 is 1.93 bits per heavy atom. The van der Waals surface area contributed by atoms with Gasteiger partial charge >= 0.3 is 0 Å². The average Bonchev–Trinajstić information content (AvgIpc) is 3.36. The summed E-state index contributed by atoms with van der Waals surface area (Å²) in [5.74, 6) is 0.376. The molecule has 0 radical (unpaired) electrons. The molecule has 1 saturated carbocycles. The monoisotopic (exact) mass is 640 g/mol. The van der Waals surface area contributed by atoms with Crippen molar-refractivity contribution in [1.29, 1.82) is 0 Å². The number of hydrogen-bond acceptors (Lipinski definition) is 8. The van der Waals surface area contributed by atoms with E-state index < -0.39 is 15.9 Å². The Morgan fingerprint density at radius 3 is 2.74 bits per heavy atom. The number of aromatic nitrogens is 1. The van der Waals surface area contributed by atoms with Crippen LogP contribution in [0.5, 0.6) is 5.75 Å². The van der Waals surface area contributed by atoms with E-state index in [-0.39, 0.29) is 22.6 Å². The second-order valence-corrected chi connectivity index (χ2v) is 15.6. The van der Waals surface area contributed by atoms with Crippen LogP contribution >= 0.6 is 22.9 Å². The van der Waals surface area contributed by atoms with Crippen molar-refractivity contribution in [3.05, 3.63) is 68.6 Å². The van der Waals surface area contributed by atoms with Crippen LogP contribution in [0.2, 0.25) is 5.02 Å². The summed E-state index contributed by atoms with van der Waals surface area (Å²) >= 11 is 7.51. The molecule has 226 valence electrons. The van der Waals surface area contributed by atoms with Gasteiger partial charge in [-0.3, -0.25) is 9.59 Å². The minimum Gasteiger partial charge on any atom is -0.490 e. The summed E-state index contributed by atoms with van der Waals surface area (Å²) in [6.45, 7) is 2.43. The van der Waals surface area contributed by atoms with E-state index >= 15 is 0 Å². The number of anilines is 1. The molecule has 2 aliphatic carbocycles. The SMILES string of the molecule is CN1C[C@@H]2CC[C@H]2CN2C[C@@]3(CCCc4cc(Cl)ccc43)COc3ccc(cc32)S(=O)(=O)NC(=O)Cc2cnc(s2)C1=O. The maximum atomic E-state index is 13.4. The lowest BCUT2D eigenvalue weighted by Gasteiger charge is -2.45. The Morgan fingerprint density at radius 1 is 1.12 bits per heavy atom. The quantitative estimate of drug-likeness (QED) is 0.387. The summed E-state index contributed by atoms with van der Waals surface area (Å²) in [7, 11) is -2.36. The Bertz CT molecular complexity index is 1730.